The lowest BCUT2D eigenvalue weighted by Crippen LogP contribution is -2.18. The molecule has 0 aliphatic heterocycles. The largest absolute Gasteiger partial charge is 0.306 e. The van der Waals surface area contributed by atoms with Crippen LogP contribution in [0.2, 0.25) is 5.02 Å². The Morgan fingerprint density at radius 3 is 2.29 bits per heavy atom. The second kappa shape index (κ2) is 7.06. The lowest BCUT2D eigenvalue weighted by Gasteiger charge is -2.16. The van der Waals surface area contributed by atoms with Gasteiger partial charge in [0.25, 0.3) is 0 Å². The minimum atomic E-state index is -0.305. The fraction of sp³-hybridized carbons (Fsp3) is 0.333. The molecule has 1 atom stereocenters. The Morgan fingerprint density at radius 1 is 1.05 bits per heavy atom. The lowest BCUT2D eigenvalue weighted by atomic mass is 10.0. The number of hydrogen-bond donors (Lipinski definition) is 1. The molecule has 0 aliphatic rings. The molecule has 0 spiro atoms. The van der Waals surface area contributed by atoms with Crippen molar-refractivity contribution in [1.82, 2.24) is 5.32 Å². The van der Waals surface area contributed by atoms with Crippen LogP contribution in [0.5, 0.6) is 0 Å². The van der Waals surface area contributed by atoms with Crippen LogP contribution in [0.3, 0.4) is 0 Å². The van der Waals surface area contributed by atoms with Gasteiger partial charge in [0, 0.05) is 17.6 Å². The summed E-state index contributed by atoms with van der Waals surface area (Å²) < 4.78 is 13.1. The summed E-state index contributed by atoms with van der Waals surface area (Å²) in [6.45, 7) is 7.16. The zero-order chi connectivity index (χ0) is 15.4. The van der Waals surface area contributed by atoms with Crippen molar-refractivity contribution >= 4 is 11.6 Å². The van der Waals surface area contributed by atoms with Crippen LogP contribution in [0.15, 0.2) is 42.5 Å². The molecule has 2 aromatic carbocycles. The van der Waals surface area contributed by atoms with Crippen LogP contribution in [0.4, 0.5) is 4.39 Å². The summed E-state index contributed by atoms with van der Waals surface area (Å²) in [5, 5.41) is 3.88. The van der Waals surface area contributed by atoms with E-state index in [2.05, 4.69) is 43.4 Å². The summed E-state index contributed by atoms with van der Waals surface area (Å²) in [5.74, 6) is 0.240. The molecule has 2 aromatic rings. The average molecular weight is 306 g/mol. The van der Waals surface area contributed by atoms with E-state index in [1.807, 2.05) is 6.92 Å². The molecule has 112 valence electrons. The Hall–Kier alpha value is -1.38. The fourth-order valence-electron chi connectivity index (χ4n) is 2.25. The molecular weight excluding hydrogens is 285 g/mol. The zero-order valence-electron chi connectivity index (χ0n) is 12.7. The molecule has 0 bridgehead atoms. The molecule has 1 N–H and O–H groups in total. The highest BCUT2D eigenvalue weighted by Gasteiger charge is 2.10. The van der Waals surface area contributed by atoms with Crippen LogP contribution in [0.1, 0.15) is 49.4 Å². The van der Waals surface area contributed by atoms with Gasteiger partial charge in [0.2, 0.25) is 0 Å². The molecule has 0 amide bonds. The van der Waals surface area contributed by atoms with Crippen LogP contribution in [-0.4, -0.2) is 0 Å². The second-order valence-corrected chi connectivity index (χ2v) is 6.07. The SMILES string of the molecule is CC(C)c1ccc(CNC(C)c2ccc(F)cc2Cl)cc1. The van der Waals surface area contributed by atoms with E-state index >= 15 is 0 Å². The number of benzene rings is 2. The monoisotopic (exact) mass is 305 g/mol. The van der Waals surface area contributed by atoms with E-state index in [9.17, 15) is 4.39 Å². The molecule has 2 rings (SSSR count). The Morgan fingerprint density at radius 2 is 1.71 bits per heavy atom. The molecule has 1 unspecified atom stereocenters. The highest BCUT2D eigenvalue weighted by molar-refractivity contribution is 6.31. The van der Waals surface area contributed by atoms with Crippen LogP contribution in [0.25, 0.3) is 0 Å². The lowest BCUT2D eigenvalue weighted by molar-refractivity contribution is 0.571. The predicted octanol–water partition coefficient (Wildman–Crippen LogP) is 5.45. The van der Waals surface area contributed by atoms with Gasteiger partial charge in [0.15, 0.2) is 0 Å². The van der Waals surface area contributed by atoms with Crippen molar-refractivity contribution in [2.75, 3.05) is 0 Å². The number of hydrogen-bond acceptors (Lipinski definition) is 1. The molecule has 0 aliphatic carbocycles. The van der Waals surface area contributed by atoms with Crippen LogP contribution in [0, 0.1) is 5.82 Å². The van der Waals surface area contributed by atoms with E-state index in [-0.39, 0.29) is 11.9 Å². The van der Waals surface area contributed by atoms with Gasteiger partial charge in [-0.2, -0.15) is 0 Å². The van der Waals surface area contributed by atoms with E-state index < -0.39 is 0 Å². The van der Waals surface area contributed by atoms with E-state index in [0.717, 1.165) is 12.1 Å². The fourth-order valence-corrected chi connectivity index (χ4v) is 2.58. The summed E-state index contributed by atoms with van der Waals surface area (Å²) in [7, 11) is 0. The van der Waals surface area contributed by atoms with Crippen molar-refractivity contribution in [3.05, 3.63) is 70.0 Å². The van der Waals surface area contributed by atoms with Gasteiger partial charge in [-0.25, -0.2) is 4.39 Å². The van der Waals surface area contributed by atoms with Gasteiger partial charge in [-0.05, 0) is 41.7 Å². The average Bonchev–Trinajstić information content (AvgIpc) is 2.45. The normalized spacial score (nSPS) is 12.7. The van der Waals surface area contributed by atoms with Crippen molar-refractivity contribution < 1.29 is 4.39 Å². The highest BCUT2D eigenvalue weighted by atomic mass is 35.5. The Kier molecular flexibility index (Phi) is 5.38. The Bertz CT molecular complexity index is 593. The van der Waals surface area contributed by atoms with Gasteiger partial charge in [0.05, 0.1) is 0 Å². The van der Waals surface area contributed by atoms with Crippen molar-refractivity contribution in [2.45, 2.75) is 39.3 Å². The van der Waals surface area contributed by atoms with Gasteiger partial charge in [0.1, 0.15) is 5.82 Å². The van der Waals surface area contributed by atoms with Gasteiger partial charge in [-0.15, -0.1) is 0 Å². The molecule has 0 saturated carbocycles. The Balaban J connectivity index is 1.98. The van der Waals surface area contributed by atoms with E-state index in [4.69, 9.17) is 11.6 Å². The maximum Gasteiger partial charge on any atom is 0.124 e. The minimum absolute atomic E-state index is 0.0721. The van der Waals surface area contributed by atoms with Gasteiger partial charge in [-0.3, -0.25) is 0 Å². The molecule has 21 heavy (non-hydrogen) atoms. The molecule has 0 aromatic heterocycles. The molecule has 0 radical (unpaired) electrons. The summed E-state index contributed by atoms with van der Waals surface area (Å²) in [4.78, 5) is 0. The van der Waals surface area contributed by atoms with Crippen LogP contribution >= 0.6 is 11.6 Å². The summed E-state index contributed by atoms with van der Waals surface area (Å²) in [6, 6.07) is 13.2. The Labute approximate surface area is 131 Å². The van der Waals surface area contributed by atoms with E-state index in [0.29, 0.717) is 10.9 Å². The minimum Gasteiger partial charge on any atom is -0.306 e. The van der Waals surface area contributed by atoms with Crippen molar-refractivity contribution in [1.29, 1.82) is 0 Å². The molecule has 1 nitrogen and oxygen atoms in total. The van der Waals surface area contributed by atoms with Crippen molar-refractivity contribution in [3.63, 3.8) is 0 Å². The molecule has 0 heterocycles. The van der Waals surface area contributed by atoms with Crippen molar-refractivity contribution in [3.8, 4) is 0 Å². The van der Waals surface area contributed by atoms with Crippen molar-refractivity contribution in [2.24, 2.45) is 0 Å². The maximum atomic E-state index is 13.1. The number of nitrogens with one attached hydrogen (secondary N) is 1. The third-order valence-corrected chi connectivity index (χ3v) is 4.02. The second-order valence-electron chi connectivity index (χ2n) is 5.66. The molecule has 3 heteroatoms. The first kappa shape index (κ1) is 16.0. The smallest absolute Gasteiger partial charge is 0.124 e. The maximum absolute atomic E-state index is 13.1. The first-order chi connectivity index (χ1) is 9.97. The summed E-state index contributed by atoms with van der Waals surface area (Å²) in [5.41, 5.74) is 3.48. The van der Waals surface area contributed by atoms with Crippen LogP contribution < -0.4 is 5.32 Å². The van der Waals surface area contributed by atoms with Crippen LogP contribution in [-0.2, 0) is 6.54 Å². The molecule has 0 saturated heterocycles. The highest BCUT2D eigenvalue weighted by Crippen LogP contribution is 2.24. The first-order valence-corrected chi connectivity index (χ1v) is 7.62. The third-order valence-electron chi connectivity index (χ3n) is 3.69. The first-order valence-electron chi connectivity index (χ1n) is 7.24. The molecule has 0 fully saturated rings. The third kappa shape index (κ3) is 4.29. The molecular formula is C18H21ClFN. The van der Waals surface area contributed by atoms with E-state index in [1.165, 1.54) is 23.3 Å². The van der Waals surface area contributed by atoms with E-state index in [1.54, 1.807) is 6.07 Å². The quantitative estimate of drug-likeness (QED) is 0.774. The number of halogens is 2. The van der Waals surface area contributed by atoms with Gasteiger partial charge >= 0.3 is 0 Å². The summed E-state index contributed by atoms with van der Waals surface area (Å²) in [6.07, 6.45) is 0. The van der Waals surface area contributed by atoms with Gasteiger partial charge in [-0.1, -0.05) is 55.8 Å². The number of rotatable bonds is 5. The summed E-state index contributed by atoms with van der Waals surface area (Å²) >= 11 is 6.08. The van der Waals surface area contributed by atoms with Gasteiger partial charge < -0.3 is 5.32 Å². The standard InChI is InChI=1S/C18H21ClFN/c1-12(2)15-6-4-14(5-7-15)11-21-13(3)17-9-8-16(20)10-18(17)19/h4-10,12-13,21H,11H2,1-3H3. The topological polar surface area (TPSA) is 12.0 Å². The zero-order valence-corrected chi connectivity index (χ0v) is 13.4. The predicted molar refractivity (Wildman–Crippen MR) is 87.2 cm³/mol.